The number of anilines is 1. The Balaban J connectivity index is 1.56. The van der Waals surface area contributed by atoms with Crippen LogP contribution in [0.3, 0.4) is 0 Å². The van der Waals surface area contributed by atoms with Crippen molar-refractivity contribution in [3.05, 3.63) is 35.5 Å². The average Bonchev–Trinajstić information content (AvgIpc) is 3.39. The van der Waals surface area contributed by atoms with E-state index in [1.165, 1.54) is 13.2 Å². The van der Waals surface area contributed by atoms with Crippen molar-refractivity contribution in [1.29, 1.82) is 0 Å². The molecule has 0 bridgehead atoms. The molecule has 10 nitrogen and oxygen atoms in total. The molecule has 0 spiro atoms. The van der Waals surface area contributed by atoms with Gasteiger partial charge in [-0.15, -0.1) is 0 Å². The number of aromatic amines is 1. The van der Waals surface area contributed by atoms with E-state index in [-0.39, 0.29) is 17.2 Å². The van der Waals surface area contributed by atoms with Gasteiger partial charge in [-0.3, -0.25) is 9.89 Å². The minimum atomic E-state index is -3.49. The zero-order valence-electron chi connectivity index (χ0n) is 18.8. The molecule has 1 aliphatic rings. The number of ether oxygens (including phenoxy) is 1. The molecular formula is C22H30N4O6S. The number of amides is 2. The molecule has 1 aromatic heterocycles. The van der Waals surface area contributed by atoms with Gasteiger partial charge in [0.05, 0.1) is 18.4 Å². The van der Waals surface area contributed by atoms with E-state index in [0.29, 0.717) is 35.5 Å². The maximum absolute atomic E-state index is 12.6. The number of nitrogens with zero attached hydrogens (tertiary/aromatic N) is 1. The molecule has 33 heavy (non-hydrogen) atoms. The Hall–Kier alpha value is -3.08. The summed E-state index contributed by atoms with van der Waals surface area (Å²) in [5.74, 6) is 1.35. The summed E-state index contributed by atoms with van der Waals surface area (Å²) in [5, 5.41) is 20.9. The fourth-order valence-electron chi connectivity index (χ4n) is 4.36. The first kappa shape index (κ1) is 24.6. The predicted octanol–water partition coefficient (Wildman–Crippen LogP) is 2.93. The Labute approximate surface area is 193 Å². The lowest BCUT2D eigenvalue weighted by Gasteiger charge is -2.10. The van der Waals surface area contributed by atoms with Gasteiger partial charge >= 0.3 is 6.09 Å². The largest absolute Gasteiger partial charge is 0.497 e. The van der Waals surface area contributed by atoms with E-state index in [9.17, 15) is 18.0 Å². The molecule has 1 aliphatic carbocycles. The molecule has 0 radical (unpaired) electrons. The molecule has 0 unspecified atom stereocenters. The Bertz CT molecular complexity index is 1100. The lowest BCUT2D eigenvalue weighted by atomic mass is 9.98. The molecule has 2 atom stereocenters. The Morgan fingerprint density at radius 3 is 2.76 bits per heavy atom. The average molecular weight is 479 g/mol. The fourth-order valence-corrected chi connectivity index (χ4v) is 5.28. The summed E-state index contributed by atoms with van der Waals surface area (Å²) in [6.07, 6.45) is 4.84. The maximum atomic E-state index is 12.6. The van der Waals surface area contributed by atoms with E-state index in [4.69, 9.17) is 9.84 Å². The Morgan fingerprint density at radius 1 is 1.27 bits per heavy atom. The minimum absolute atomic E-state index is 0.0942. The topological polar surface area (TPSA) is 150 Å². The third-order valence-electron chi connectivity index (χ3n) is 5.93. The molecule has 2 aromatic rings. The number of H-pyrrole nitrogens is 1. The van der Waals surface area contributed by atoms with Crippen molar-refractivity contribution in [1.82, 2.24) is 15.5 Å². The van der Waals surface area contributed by atoms with E-state index in [1.54, 1.807) is 12.1 Å². The summed E-state index contributed by atoms with van der Waals surface area (Å²) in [4.78, 5) is 23.2. The van der Waals surface area contributed by atoms with Crippen LogP contribution in [0, 0.1) is 5.92 Å². The zero-order valence-corrected chi connectivity index (χ0v) is 19.6. The molecule has 180 valence electrons. The monoisotopic (exact) mass is 478 g/mol. The smallest absolute Gasteiger partial charge is 0.404 e. The molecule has 11 heteroatoms. The highest BCUT2D eigenvalue weighted by Gasteiger charge is 2.27. The highest BCUT2D eigenvalue weighted by molar-refractivity contribution is 7.90. The van der Waals surface area contributed by atoms with E-state index in [1.807, 2.05) is 6.07 Å². The van der Waals surface area contributed by atoms with Crippen molar-refractivity contribution in [2.75, 3.05) is 25.2 Å². The standard InChI is InChI=1S/C22H30N4O6S/c1-32-17-7-8-19(33(2,30)31)16(11-17)12-21(27)24-20-13-18(25-26-20)15-6-5-14(10-15)4-3-9-23-22(28)29/h7-8,11,13-15,23H,3-6,9-10,12H2,1-2H3,(H,28,29)(H2,24,25,26,27)/t14-,15-/m0/s1. The number of nitrogens with one attached hydrogen (secondary N) is 3. The van der Waals surface area contributed by atoms with Gasteiger partial charge in [0.1, 0.15) is 5.75 Å². The third kappa shape index (κ3) is 6.95. The first-order valence-electron chi connectivity index (χ1n) is 10.8. The molecule has 4 N–H and O–H groups in total. The van der Waals surface area contributed by atoms with Gasteiger partial charge in [-0.05, 0) is 61.8 Å². The summed E-state index contributed by atoms with van der Waals surface area (Å²) in [5.41, 5.74) is 1.32. The highest BCUT2D eigenvalue weighted by Crippen LogP contribution is 2.40. The second kappa shape index (κ2) is 10.7. The van der Waals surface area contributed by atoms with Gasteiger partial charge in [0, 0.05) is 30.5 Å². The molecular weight excluding hydrogens is 448 g/mol. The summed E-state index contributed by atoms with van der Waals surface area (Å²) in [7, 11) is -2.02. The van der Waals surface area contributed by atoms with E-state index >= 15 is 0 Å². The number of benzene rings is 1. The SMILES string of the molecule is COc1ccc(S(C)(=O)=O)c(CC(=O)Nc2cc([C@H]3CC[C@H](CCCNC(=O)O)C3)[nH]n2)c1. The number of carbonyl (C=O) groups is 2. The second-order valence-corrected chi connectivity index (χ2v) is 10.4. The van der Waals surface area contributed by atoms with E-state index in [2.05, 4.69) is 20.8 Å². The van der Waals surface area contributed by atoms with Crippen molar-refractivity contribution < 1.29 is 27.9 Å². The van der Waals surface area contributed by atoms with Crippen LogP contribution in [-0.4, -0.2) is 55.6 Å². The van der Waals surface area contributed by atoms with Crippen LogP contribution in [0.5, 0.6) is 5.75 Å². The number of hydrogen-bond acceptors (Lipinski definition) is 6. The second-order valence-electron chi connectivity index (χ2n) is 8.43. The minimum Gasteiger partial charge on any atom is -0.497 e. The highest BCUT2D eigenvalue weighted by atomic mass is 32.2. The molecule has 2 amide bonds. The third-order valence-corrected chi connectivity index (χ3v) is 7.13. The number of hydrogen-bond donors (Lipinski definition) is 4. The van der Waals surface area contributed by atoms with Gasteiger partial charge in [0.2, 0.25) is 5.91 Å². The number of rotatable bonds is 10. The van der Waals surface area contributed by atoms with Crippen LogP contribution in [0.25, 0.3) is 0 Å². The Kier molecular flexibility index (Phi) is 7.96. The summed E-state index contributed by atoms with van der Waals surface area (Å²) >= 11 is 0. The van der Waals surface area contributed by atoms with Crippen molar-refractivity contribution in [2.24, 2.45) is 5.92 Å². The molecule has 3 rings (SSSR count). The van der Waals surface area contributed by atoms with Crippen LogP contribution in [0.4, 0.5) is 10.6 Å². The predicted molar refractivity (Wildman–Crippen MR) is 122 cm³/mol. The van der Waals surface area contributed by atoms with E-state index < -0.39 is 15.9 Å². The van der Waals surface area contributed by atoms with Crippen LogP contribution in [0.1, 0.15) is 49.3 Å². The number of carboxylic acid groups (broad SMARTS) is 1. The van der Waals surface area contributed by atoms with Crippen LogP contribution >= 0.6 is 0 Å². The zero-order chi connectivity index (χ0) is 24.0. The first-order chi connectivity index (χ1) is 15.7. The van der Waals surface area contributed by atoms with Gasteiger partial charge in [-0.1, -0.05) is 0 Å². The maximum Gasteiger partial charge on any atom is 0.404 e. The van der Waals surface area contributed by atoms with Crippen LogP contribution in [0.15, 0.2) is 29.2 Å². The number of aromatic nitrogens is 2. The Morgan fingerprint density at radius 2 is 2.06 bits per heavy atom. The van der Waals surface area contributed by atoms with Crippen molar-refractivity contribution in [3.63, 3.8) is 0 Å². The van der Waals surface area contributed by atoms with Gasteiger partial charge in [-0.2, -0.15) is 5.10 Å². The fraction of sp³-hybridized carbons (Fsp3) is 0.500. The number of methoxy groups -OCH3 is 1. The summed E-state index contributed by atoms with van der Waals surface area (Å²) < 4.78 is 29.3. The van der Waals surface area contributed by atoms with Crippen LogP contribution in [0.2, 0.25) is 0 Å². The molecule has 1 aromatic carbocycles. The molecule has 1 saturated carbocycles. The first-order valence-corrected chi connectivity index (χ1v) is 12.7. The quantitative estimate of drug-likeness (QED) is 0.383. The lowest BCUT2D eigenvalue weighted by Crippen LogP contribution is -2.22. The number of sulfone groups is 1. The van der Waals surface area contributed by atoms with Gasteiger partial charge < -0.3 is 20.5 Å². The van der Waals surface area contributed by atoms with Crippen molar-refractivity contribution >= 4 is 27.7 Å². The van der Waals surface area contributed by atoms with Crippen molar-refractivity contribution in [3.8, 4) is 5.75 Å². The molecule has 1 fully saturated rings. The summed E-state index contributed by atoms with van der Waals surface area (Å²) in [6.45, 7) is 0.463. The van der Waals surface area contributed by atoms with Gasteiger partial charge in [-0.25, -0.2) is 13.2 Å². The van der Waals surface area contributed by atoms with Gasteiger partial charge in [0.25, 0.3) is 0 Å². The lowest BCUT2D eigenvalue weighted by molar-refractivity contribution is -0.115. The van der Waals surface area contributed by atoms with Crippen LogP contribution in [-0.2, 0) is 21.1 Å². The van der Waals surface area contributed by atoms with Gasteiger partial charge in [0.15, 0.2) is 15.7 Å². The molecule has 1 heterocycles. The number of carbonyl (C=O) groups excluding carboxylic acids is 1. The van der Waals surface area contributed by atoms with Crippen LogP contribution < -0.4 is 15.4 Å². The normalized spacial score (nSPS) is 18.1. The van der Waals surface area contributed by atoms with Crippen molar-refractivity contribution in [2.45, 2.75) is 49.3 Å². The molecule has 0 saturated heterocycles. The molecule has 0 aliphatic heterocycles. The summed E-state index contributed by atoms with van der Waals surface area (Å²) in [6, 6.07) is 6.36. The van der Waals surface area contributed by atoms with E-state index in [0.717, 1.165) is 44.1 Å².